The van der Waals surface area contributed by atoms with E-state index in [0.29, 0.717) is 16.6 Å². The zero-order valence-electron chi connectivity index (χ0n) is 11.0. The van der Waals surface area contributed by atoms with Gasteiger partial charge in [0.25, 0.3) is 0 Å². The number of hydrogen-bond acceptors (Lipinski definition) is 2. The third-order valence-corrected chi connectivity index (χ3v) is 4.10. The van der Waals surface area contributed by atoms with E-state index >= 15 is 0 Å². The van der Waals surface area contributed by atoms with Crippen molar-refractivity contribution in [2.24, 2.45) is 0 Å². The number of aryl methyl sites for hydroxylation is 1. The van der Waals surface area contributed by atoms with Crippen LogP contribution in [0.3, 0.4) is 0 Å². The normalized spacial score (nSPS) is 15.4. The SMILES string of the molecule is O=C(O)/C=C1\CCc2cnn(Cc3ccc(Cl)cc3Cl)c21. The Morgan fingerprint density at radius 3 is 2.90 bits per heavy atom. The Balaban J connectivity index is 1.97. The minimum absolute atomic E-state index is 0.488. The largest absolute Gasteiger partial charge is 0.478 e. The molecule has 4 nitrogen and oxygen atoms in total. The molecule has 108 valence electrons. The van der Waals surface area contributed by atoms with Gasteiger partial charge >= 0.3 is 5.97 Å². The van der Waals surface area contributed by atoms with E-state index in [1.54, 1.807) is 23.0 Å². The van der Waals surface area contributed by atoms with Gasteiger partial charge in [0, 0.05) is 16.1 Å². The van der Waals surface area contributed by atoms with Crippen molar-refractivity contribution in [1.82, 2.24) is 9.78 Å². The predicted molar refractivity (Wildman–Crippen MR) is 81.7 cm³/mol. The maximum Gasteiger partial charge on any atom is 0.328 e. The first-order valence-corrected chi connectivity index (χ1v) is 7.22. The molecule has 1 aromatic heterocycles. The zero-order valence-corrected chi connectivity index (χ0v) is 12.5. The number of carbonyl (C=O) groups is 1. The van der Waals surface area contributed by atoms with E-state index < -0.39 is 5.97 Å². The maximum absolute atomic E-state index is 10.9. The molecule has 0 unspecified atom stereocenters. The second-order valence-corrected chi connectivity index (χ2v) is 5.76. The van der Waals surface area contributed by atoms with E-state index in [1.807, 2.05) is 6.07 Å². The molecule has 6 heteroatoms. The molecule has 1 aromatic carbocycles. The number of fused-ring (bicyclic) bond motifs is 1. The highest BCUT2D eigenvalue weighted by atomic mass is 35.5. The average molecular weight is 323 g/mol. The van der Waals surface area contributed by atoms with Gasteiger partial charge in [-0.2, -0.15) is 5.10 Å². The van der Waals surface area contributed by atoms with Crippen LogP contribution in [0.5, 0.6) is 0 Å². The molecule has 2 aromatic rings. The summed E-state index contributed by atoms with van der Waals surface area (Å²) in [5, 5.41) is 14.5. The van der Waals surface area contributed by atoms with E-state index in [0.717, 1.165) is 35.2 Å². The number of aliphatic carboxylic acids is 1. The van der Waals surface area contributed by atoms with Gasteiger partial charge in [-0.25, -0.2) is 4.79 Å². The molecule has 1 aliphatic rings. The first-order valence-electron chi connectivity index (χ1n) is 6.47. The van der Waals surface area contributed by atoms with E-state index in [-0.39, 0.29) is 0 Å². The molecule has 0 radical (unpaired) electrons. The molecule has 0 saturated heterocycles. The summed E-state index contributed by atoms with van der Waals surface area (Å²) in [6.07, 6.45) is 4.60. The summed E-state index contributed by atoms with van der Waals surface area (Å²) in [4.78, 5) is 10.9. The molecule has 0 bridgehead atoms. The van der Waals surface area contributed by atoms with Gasteiger partial charge in [-0.3, -0.25) is 4.68 Å². The van der Waals surface area contributed by atoms with Crippen molar-refractivity contribution in [3.8, 4) is 0 Å². The minimum Gasteiger partial charge on any atom is -0.478 e. The van der Waals surface area contributed by atoms with Gasteiger partial charge in [-0.05, 0) is 41.7 Å². The monoisotopic (exact) mass is 322 g/mol. The van der Waals surface area contributed by atoms with Crippen LogP contribution in [0.4, 0.5) is 0 Å². The van der Waals surface area contributed by atoms with Crippen molar-refractivity contribution in [3.05, 3.63) is 57.3 Å². The van der Waals surface area contributed by atoms with Crippen LogP contribution in [-0.4, -0.2) is 20.9 Å². The summed E-state index contributed by atoms with van der Waals surface area (Å²) in [5.74, 6) is -0.935. The van der Waals surface area contributed by atoms with E-state index in [9.17, 15) is 4.79 Å². The topological polar surface area (TPSA) is 55.1 Å². The summed E-state index contributed by atoms with van der Waals surface area (Å²) >= 11 is 12.1. The van der Waals surface area contributed by atoms with Crippen LogP contribution in [0.25, 0.3) is 5.57 Å². The third-order valence-electron chi connectivity index (χ3n) is 3.52. The van der Waals surface area contributed by atoms with Crippen molar-refractivity contribution >= 4 is 34.7 Å². The fourth-order valence-electron chi connectivity index (χ4n) is 2.59. The fraction of sp³-hybridized carbons (Fsp3) is 0.200. The lowest BCUT2D eigenvalue weighted by Gasteiger charge is -2.09. The molecule has 1 heterocycles. The first-order chi connectivity index (χ1) is 10.0. The van der Waals surface area contributed by atoms with Crippen LogP contribution < -0.4 is 0 Å². The van der Waals surface area contributed by atoms with Crippen LogP contribution >= 0.6 is 23.2 Å². The average Bonchev–Trinajstić information content (AvgIpc) is 2.97. The maximum atomic E-state index is 10.9. The molecule has 21 heavy (non-hydrogen) atoms. The van der Waals surface area contributed by atoms with E-state index in [1.165, 1.54) is 6.08 Å². The fourth-order valence-corrected chi connectivity index (χ4v) is 3.06. The number of nitrogens with zero attached hydrogens (tertiary/aromatic N) is 2. The van der Waals surface area contributed by atoms with Crippen LogP contribution in [0.2, 0.25) is 10.0 Å². The first kappa shape index (κ1) is 14.2. The second-order valence-electron chi connectivity index (χ2n) is 4.92. The van der Waals surface area contributed by atoms with E-state index in [4.69, 9.17) is 28.3 Å². The van der Waals surface area contributed by atoms with Gasteiger partial charge < -0.3 is 5.11 Å². The Morgan fingerprint density at radius 1 is 1.38 bits per heavy atom. The highest BCUT2D eigenvalue weighted by Crippen LogP contribution is 2.33. The smallest absolute Gasteiger partial charge is 0.328 e. The Hall–Kier alpha value is -1.78. The van der Waals surface area contributed by atoms with Gasteiger partial charge in [-0.15, -0.1) is 0 Å². The molecule has 0 fully saturated rings. The Labute approximate surface area is 131 Å². The number of carboxylic acid groups (broad SMARTS) is 1. The Bertz CT molecular complexity index is 750. The number of aromatic nitrogens is 2. The van der Waals surface area contributed by atoms with Crippen molar-refractivity contribution in [2.75, 3.05) is 0 Å². The molecule has 1 N–H and O–H groups in total. The molecule has 0 saturated carbocycles. The van der Waals surface area contributed by atoms with Crippen molar-refractivity contribution in [2.45, 2.75) is 19.4 Å². The lowest BCUT2D eigenvalue weighted by Crippen LogP contribution is -2.06. The summed E-state index contributed by atoms with van der Waals surface area (Å²) in [6.45, 7) is 0.488. The molecule has 0 aliphatic heterocycles. The summed E-state index contributed by atoms with van der Waals surface area (Å²) in [6, 6.07) is 5.32. The predicted octanol–water partition coefficient (Wildman–Crippen LogP) is 3.65. The van der Waals surface area contributed by atoms with Gasteiger partial charge in [-0.1, -0.05) is 29.3 Å². The van der Waals surface area contributed by atoms with Crippen molar-refractivity contribution in [3.63, 3.8) is 0 Å². The van der Waals surface area contributed by atoms with E-state index in [2.05, 4.69) is 5.10 Å². The number of allylic oxidation sites excluding steroid dienone is 1. The van der Waals surface area contributed by atoms with Gasteiger partial charge in [0.1, 0.15) is 0 Å². The Morgan fingerprint density at radius 2 is 2.19 bits per heavy atom. The standard InChI is InChI=1S/C15H12Cl2N2O2/c16-12-4-3-11(13(17)6-12)8-19-15-9(5-14(20)21)1-2-10(15)7-18-19/h3-7H,1-2,8H2,(H,20,21)/b9-5+. The lowest BCUT2D eigenvalue weighted by atomic mass is 10.2. The Kier molecular flexibility index (Phi) is 3.74. The molecule has 3 rings (SSSR count). The highest BCUT2D eigenvalue weighted by molar-refractivity contribution is 6.35. The number of benzene rings is 1. The minimum atomic E-state index is -0.935. The van der Waals surface area contributed by atoms with Crippen LogP contribution in [0.1, 0.15) is 23.2 Å². The molecule has 0 amide bonds. The molecule has 1 aliphatic carbocycles. The molecular weight excluding hydrogens is 311 g/mol. The highest BCUT2D eigenvalue weighted by Gasteiger charge is 2.23. The number of carboxylic acids is 1. The summed E-state index contributed by atoms with van der Waals surface area (Å²) < 4.78 is 1.80. The third kappa shape index (κ3) is 2.82. The molecule has 0 atom stereocenters. The van der Waals surface area contributed by atoms with Gasteiger partial charge in [0.05, 0.1) is 18.4 Å². The second kappa shape index (κ2) is 5.54. The summed E-state index contributed by atoms with van der Waals surface area (Å²) in [5.41, 5.74) is 3.67. The quantitative estimate of drug-likeness (QED) is 0.877. The number of hydrogen-bond donors (Lipinski definition) is 1. The number of halogens is 2. The van der Waals surface area contributed by atoms with Crippen LogP contribution in [0, 0.1) is 0 Å². The molecule has 0 spiro atoms. The van der Waals surface area contributed by atoms with Crippen molar-refractivity contribution < 1.29 is 9.90 Å². The zero-order chi connectivity index (χ0) is 15.0. The number of rotatable bonds is 3. The van der Waals surface area contributed by atoms with Crippen LogP contribution in [-0.2, 0) is 17.8 Å². The van der Waals surface area contributed by atoms with Crippen molar-refractivity contribution in [1.29, 1.82) is 0 Å². The summed E-state index contributed by atoms with van der Waals surface area (Å²) in [7, 11) is 0. The van der Waals surface area contributed by atoms with Crippen LogP contribution in [0.15, 0.2) is 30.5 Å². The van der Waals surface area contributed by atoms with Gasteiger partial charge in [0.2, 0.25) is 0 Å². The van der Waals surface area contributed by atoms with Gasteiger partial charge in [0.15, 0.2) is 0 Å². The lowest BCUT2D eigenvalue weighted by molar-refractivity contribution is -0.131. The molecular formula is C15H12Cl2N2O2.